The molecule has 1 aliphatic heterocycles. The molecule has 7 nitrogen and oxygen atoms in total. The van der Waals surface area contributed by atoms with Gasteiger partial charge in [0.25, 0.3) is 0 Å². The van der Waals surface area contributed by atoms with Gasteiger partial charge < -0.3 is 5.32 Å². The van der Waals surface area contributed by atoms with E-state index in [2.05, 4.69) is 15.3 Å². The van der Waals surface area contributed by atoms with Crippen LogP contribution in [0.1, 0.15) is 17.8 Å². The third-order valence-electron chi connectivity index (χ3n) is 6.51. The van der Waals surface area contributed by atoms with Crippen molar-refractivity contribution < 1.29 is 35.2 Å². The molecule has 1 unspecified atom stereocenters. The molecule has 0 bridgehead atoms. The molecule has 5 rings (SSSR count). The van der Waals surface area contributed by atoms with Crippen molar-refractivity contribution in [3.8, 4) is 11.1 Å². The van der Waals surface area contributed by atoms with E-state index in [1.807, 2.05) is 0 Å². The Morgan fingerprint density at radius 3 is 2.38 bits per heavy atom. The number of benzene rings is 2. The highest BCUT2D eigenvalue weighted by atomic mass is 32.2. The number of carbonyl (C=O) groups is 1. The fraction of sp³-hybridized carbons (Fsp3) is 0.292. The zero-order chi connectivity index (χ0) is 26.5. The quantitative estimate of drug-likeness (QED) is 0.483. The summed E-state index contributed by atoms with van der Waals surface area (Å²) in [5.74, 6) is -3.26. The lowest BCUT2D eigenvalue weighted by Crippen LogP contribution is -2.48. The van der Waals surface area contributed by atoms with Crippen molar-refractivity contribution in [3.63, 3.8) is 0 Å². The Balaban J connectivity index is 1.31. The number of fused-ring (bicyclic) bond motifs is 1. The Hall–Kier alpha value is -3.45. The highest BCUT2D eigenvalue weighted by Gasteiger charge is 2.58. The molecule has 13 heteroatoms. The van der Waals surface area contributed by atoms with E-state index in [1.165, 1.54) is 12.1 Å². The number of amides is 1. The van der Waals surface area contributed by atoms with Gasteiger partial charge in [-0.25, -0.2) is 27.2 Å². The second-order valence-electron chi connectivity index (χ2n) is 8.96. The van der Waals surface area contributed by atoms with Crippen molar-refractivity contribution in [2.24, 2.45) is 11.8 Å². The molecule has 1 aliphatic carbocycles. The van der Waals surface area contributed by atoms with Crippen molar-refractivity contribution in [1.29, 1.82) is 0 Å². The molecule has 194 valence electrons. The van der Waals surface area contributed by atoms with Crippen molar-refractivity contribution in [2.75, 3.05) is 6.54 Å². The van der Waals surface area contributed by atoms with Crippen LogP contribution < -0.4 is 5.32 Å². The van der Waals surface area contributed by atoms with E-state index >= 15 is 0 Å². The van der Waals surface area contributed by atoms with Gasteiger partial charge in [-0.1, -0.05) is 6.07 Å². The number of rotatable bonds is 6. The molecule has 2 heterocycles. The molecule has 1 saturated carbocycles. The van der Waals surface area contributed by atoms with E-state index < -0.39 is 45.6 Å². The van der Waals surface area contributed by atoms with Gasteiger partial charge in [-0.05, 0) is 60.2 Å². The molecular weight excluding hydrogens is 519 g/mol. The third kappa shape index (κ3) is 4.92. The number of carbonyl (C=O) groups excluding carboxylic acids is 1. The summed E-state index contributed by atoms with van der Waals surface area (Å²) in [5, 5.41) is 2.68. The maximum atomic E-state index is 14.4. The van der Waals surface area contributed by atoms with Crippen LogP contribution in [0.3, 0.4) is 0 Å². The van der Waals surface area contributed by atoms with E-state index in [0.717, 1.165) is 47.0 Å². The van der Waals surface area contributed by atoms with Crippen molar-refractivity contribution >= 4 is 15.9 Å². The molecule has 3 atom stereocenters. The van der Waals surface area contributed by atoms with E-state index in [0.29, 0.717) is 12.0 Å². The van der Waals surface area contributed by atoms with Crippen LogP contribution in [0, 0.1) is 23.5 Å². The van der Waals surface area contributed by atoms with E-state index in [9.17, 15) is 35.2 Å². The zero-order valence-electron chi connectivity index (χ0n) is 18.9. The summed E-state index contributed by atoms with van der Waals surface area (Å²) < 4.78 is 93.2. The minimum atomic E-state index is -4.73. The Bertz CT molecular complexity index is 1450. The van der Waals surface area contributed by atoms with Gasteiger partial charge in [0.1, 0.15) is 17.7 Å². The van der Waals surface area contributed by atoms with Crippen LogP contribution in [-0.2, 0) is 27.5 Å². The maximum Gasteiger partial charge on any atom is 0.451 e. The molecule has 1 amide bonds. The number of aromatic nitrogens is 2. The van der Waals surface area contributed by atoms with Gasteiger partial charge in [-0.3, -0.25) is 4.79 Å². The van der Waals surface area contributed by atoms with Gasteiger partial charge >= 0.3 is 6.18 Å². The number of piperidine rings is 1. The van der Waals surface area contributed by atoms with Gasteiger partial charge in [0.05, 0.1) is 4.90 Å². The standard InChI is InChI=1S/C24H19F5N4O3S/c25-16-2-4-17(5-3-16)37(35,36)33-12-14-8-19(14)21(33)22(34)30-9-13-1-6-20(26)18(7-13)15-10-31-23(32-11-15)24(27,28)29/h1-7,10-11,14,19,21H,8-9,12H2,(H,30,34)/t14?,19-,21-/m0/s1. The molecule has 0 radical (unpaired) electrons. The number of hydrogen-bond donors (Lipinski definition) is 1. The average Bonchev–Trinajstić information content (AvgIpc) is 3.52. The predicted molar refractivity (Wildman–Crippen MR) is 120 cm³/mol. The summed E-state index contributed by atoms with van der Waals surface area (Å²) in [4.78, 5) is 19.4. The van der Waals surface area contributed by atoms with Crippen LogP contribution in [-0.4, -0.2) is 41.2 Å². The largest absolute Gasteiger partial charge is 0.451 e. The minimum absolute atomic E-state index is 0.0202. The molecule has 0 spiro atoms. The summed E-state index contributed by atoms with van der Waals surface area (Å²) in [6, 6.07) is 7.27. The molecule has 2 aromatic carbocycles. The zero-order valence-corrected chi connectivity index (χ0v) is 19.7. The molecule has 2 fully saturated rings. The van der Waals surface area contributed by atoms with Gasteiger partial charge in [0, 0.05) is 36.6 Å². The molecular formula is C24H19F5N4O3S. The molecule has 1 N–H and O–H groups in total. The summed E-state index contributed by atoms with van der Waals surface area (Å²) in [7, 11) is -4.04. The number of nitrogens with zero attached hydrogens (tertiary/aromatic N) is 3. The van der Waals surface area contributed by atoms with E-state index in [4.69, 9.17) is 0 Å². The number of nitrogens with one attached hydrogen (secondary N) is 1. The smallest absolute Gasteiger partial charge is 0.351 e. The fourth-order valence-corrected chi connectivity index (χ4v) is 6.24. The highest BCUT2D eigenvalue weighted by molar-refractivity contribution is 7.89. The first-order valence-corrected chi connectivity index (χ1v) is 12.6. The first-order chi connectivity index (χ1) is 17.4. The lowest BCUT2D eigenvalue weighted by atomic mass is 10.0. The average molecular weight is 538 g/mol. The van der Waals surface area contributed by atoms with Crippen molar-refractivity contribution in [2.45, 2.75) is 30.1 Å². The van der Waals surface area contributed by atoms with Gasteiger partial charge in [0.15, 0.2) is 0 Å². The lowest BCUT2D eigenvalue weighted by molar-refractivity contribution is -0.145. The Kier molecular flexibility index (Phi) is 6.23. The monoisotopic (exact) mass is 538 g/mol. The Labute approximate surface area is 208 Å². The van der Waals surface area contributed by atoms with E-state index in [1.54, 1.807) is 0 Å². The van der Waals surface area contributed by atoms with Crippen LogP contribution in [0.4, 0.5) is 22.0 Å². The van der Waals surface area contributed by atoms with Crippen LogP contribution in [0.5, 0.6) is 0 Å². The summed E-state index contributed by atoms with van der Waals surface area (Å²) in [6.07, 6.45) is -2.30. The predicted octanol–water partition coefficient (Wildman–Crippen LogP) is 3.77. The minimum Gasteiger partial charge on any atom is -0.351 e. The maximum absolute atomic E-state index is 14.4. The second-order valence-corrected chi connectivity index (χ2v) is 10.8. The second kappa shape index (κ2) is 9.14. The molecule has 1 aromatic heterocycles. The molecule has 1 saturated heterocycles. The van der Waals surface area contributed by atoms with Crippen LogP contribution in [0.2, 0.25) is 0 Å². The van der Waals surface area contributed by atoms with Gasteiger partial charge in [-0.2, -0.15) is 17.5 Å². The number of alkyl halides is 3. The van der Waals surface area contributed by atoms with Crippen LogP contribution in [0.15, 0.2) is 59.8 Å². The Morgan fingerprint density at radius 1 is 1.05 bits per heavy atom. The highest BCUT2D eigenvalue weighted by Crippen LogP contribution is 2.51. The summed E-state index contributed by atoms with van der Waals surface area (Å²) >= 11 is 0. The first kappa shape index (κ1) is 25.2. The molecule has 37 heavy (non-hydrogen) atoms. The summed E-state index contributed by atoms with van der Waals surface area (Å²) in [5.41, 5.74) is 0.402. The number of hydrogen-bond acceptors (Lipinski definition) is 5. The van der Waals surface area contributed by atoms with Gasteiger partial charge in [-0.15, -0.1) is 0 Å². The van der Waals surface area contributed by atoms with Crippen molar-refractivity contribution in [3.05, 3.63) is 77.9 Å². The molecule has 2 aliphatic rings. The fourth-order valence-electron chi connectivity index (χ4n) is 4.55. The first-order valence-electron chi connectivity index (χ1n) is 11.2. The Morgan fingerprint density at radius 2 is 1.73 bits per heavy atom. The number of sulfonamides is 1. The van der Waals surface area contributed by atoms with Crippen LogP contribution in [0.25, 0.3) is 11.1 Å². The topological polar surface area (TPSA) is 92.3 Å². The van der Waals surface area contributed by atoms with E-state index in [-0.39, 0.29) is 40.9 Å². The molecule has 3 aromatic rings. The SMILES string of the molecule is O=C(NCc1ccc(F)c(-c2cnc(C(F)(F)F)nc2)c1)[C@@H]1[C@H]2CC2CN1S(=O)(=O)c1ccc(F)cc1. The lowest BCUT2D eigenvalue weighted by Gasteiger charge is -2.26. The van der Waals surface area contributed by atoms with Crippen molar-refractivity contribution in [1.82, 2.24) is 19.6 Å². The van der Waals surface area contributed by atoms with Gasteiger partial charge in [0.2, 0.25) is 21.8 Å². The number of halogens is 5. The third-order valence-corrected chi connectivity index (χ3v) is 8.37. The summed E-state index contributed by atoms with van der Waals surface area (Å²) in [6.45, 7) is 0.100. The normalized spacial score (nSPS) is 21.5. The van der Waals surface area contributed by atoms with Crippen LogP contribution >= 0.6 is 0 Å².